The Hall–Kier alpha value is -1.77. The fourth-order valence-electron chi connectivity index (χ4n) is 2.66. The summed E-state index contributed by atoms with van der Waals surface area (Å²) in [5, 5.41) is 10.3. The predicted octanol–water partition coefficient (Wildman–Crippen LogP) is 4.25. The Bertz CT molecular complexity index is 623. The Balaban J connectivity index is 2.79. The van der Waals surface area contributed by atoms with E-state index in [1.807, 2.05) is 0 Å². The summed E-state index contributed by atoms with van der Waals surface area (Å²) in [6.45, 7) is 8.39. The number of hydrogen-bond donors (Lipinski definition) is 2. The number of aromatic nitrogens is 1. The summed E-state index contributed by atoms with van der Waals surface area (Å²) < 4.78 is 0. The number of fused-ring (bicyclic) bond motifs is 1. The van der Waals surface area contributed by atoms with Crippen LogP contribution in [0.25, 0.3) is 10.9 Å². The van der Waals surface area contributed by atoms with Crippen LogP contribution in [0.5, 0.6) is 0 Å². The molecule has 0 amide bonds. The molecule has 0 radical (unpaired) electrons. The third kappa shape index (κ3) is 2.37. The van der Waals surface area contributed by atoms with Crippen LogP contribution in [0.3, 0.4) is 0 Å². The van der Waals surface area contributed by atoms with Gasteiger partial charge in [0.05, 0.1) is 5.56 Å². The molecule has 3 nitrogen and oxygen atoms in total. The summed E-state index contributed by atoms with van der Waals surface area (Å²) in [6, 6.07) is 3.60. The van der Waals surface area contributed by atoms with E-state index in [4.69, 9.17) is 0 Å². The van der Waals surface area contributed by atoms with E-state index in [0.29, 0.717) is 11.5 Å². The van der Waals surface area contributed by atoms with Gasteiger partial charge in [0.1, 0.15) is 0 Å². The minimum Gasteiger partial charge on any atom is -0.478 e. The molecule has 102 valence electrons. The van der Waals surface area contributed by atoms with Gasteiger partial charge in [0.15, 0.2) is 0 Å². The number of carboxylic acid groups (broad SMARTS) is 1. The second kappa shape index (κ2) is 5.08. The molecule has 0 bridgehead atoms. The molecule has 19 heavy (non-hydrogen) atoms. The largest absolute Gasteiger partial charge is 0.478 e. The number of rotatable bonds is 4. The molecule has 3 heteroatoms. The number of aryl methyl sites for hydroxylation is 2. The van der Waals surface area contributed by atoms with Crippen molar-refractivity contribution in [1.29, 1.82) is 0 Å². The molecule has 2 rings (SSSR count). The topological polar surface area (TPSA) is 53.1 Å². The van der Waals surface area contributed by atoms with Gasteiger partial charge in [0, 0.05) is 16.6 Å². The highest BCUT2D eigenvalue weighted by molar-refractivity contribution is 5.97. The van der Waals surface area contributed by atoms with Crippen molar-refractivity contribution < 1.29 is 9.90 Å². The molecule has 1 aromatic heterocycles. The van der Waals surface area contributed by atoms with E-state index in [0.717, 1.165) is 35.0 Å². The second-order valence-corrected chi connectivity index (χ2v) is 5.43. The Kier molecular flexibility index (Phi) is 3.65. The van der Waals surface area contributed by atoms with Gasteiger partial charge in [-0.3, -0.25) is 0 Å². The highest BCUT2D eigenvalue weighted by atomic mass is 16.4. The monoisotopic (exact) mass is 259 g/mol. The van der Waals surface area contributed by atoms with E-state index in [-0.39, 0.29) is 0 Å². The van der Waals surface area contributed by atoms with Gasteiger partial charge in [-0.1, -0.05) is 27.2 Å². The zero-order valence-corrected chi connectivity index (χ0v) is 12.0. The lowest BCUT2D eigenvalue weighted by Gasteiger charge is -2.09. The summed E-state index contributed by atoms with van der Waals surface area (Å²) in [6.07, 6.45) is 2.04. The molecular weight excluding hydrogens is 238 g/mol. The van der Waals surface area contributed by atoms with Crippen LogP contribution in [-0.4, -0.2) is 16.1 Å². The molecule has 0 atom stereocenters. The van der Waals surface area contributed by atoms with Crippen LogP contribution in [-0.2, 0) is 6.42 Å². The van der Waals surface area contributed by atoms with Gasteiger partial charge in [0.25, 0.3) is 0 Å². The van der Waals surface area contributed by atoms with E-state index in [1.54, 1.807) is 12.1 Å². The first-order valence-electron chi connectivity index (χ1n) is 6.84. The highest BCUT2D eigenvalue weighted by Gasteiger charge is 2.16. The van der Waals surface area contributed by atoms with Crippen molar-refractivity contribution in [2.24, 2.45) is 0 Å². The quantitative estimate of drug-likeness (QED) is 0.862. The van der Waals surface area contributed by atoms with Crippen LogP contribution >= 0.6 is 0 Å². The van der Waals surface area contributed by atoms with E-state index >= 15 is 0 Å². The number of nitrogens with one attached hydrogen (secondary N) is 1. The molecule has 2 aromatic rings. The molecule has 0 aliphatic carbocycles. The fraction of sp³-hybridized carbons (Fsp3) is 0.438. The lowest BCUT2D eigenvalue weighted by atomic mass is 9.95. The zero-order valence-electron chi connectivity index (χ0n) is 12.0. The minimum absolute atomic E-state index is 0.300. The molecule has 0 saturated carbocycles. The van der Waals surface area contributed by atoms with Gasteiger partial charge in [-0.25, -0.2) is 4.79 Å². The first-order chi connectivity index (χ1) is 8.95. The van der Waals surface area contributed by atoms with Gasteiger partial charge >= 0.3 is 5.97 Å². The van der Waals surface area contributed by atoms with Gasteiger partial charge in [-0.15, -0.1) is 0 Å². The molecule has 0 aliphatic heterocycles. The van der Waals surface area contributed by atoms with E-state index in [1.165, 1.54) is 5.56 Å². The van der Waals surface area contributed by atoms with Crippen LogP contribution in [0.4, 0.5) is 0 Å². The van der Waals surface area contributed by atoms with Gasteiger partial charge < -0.3 is 10.1 Å². The SMILES string of the molecule is CCCc1c(C)[nH]c2c(C(C)C)cc(C(=O)O)cc12. The molecule has 2 N–H and O–H groups in total. The number of hydrogen-bond acceptors (Lipinski definition) is 1. The Morgan fingerprint density at radius 2 is 2.05 bits per heavy atom. The van der Waals surface area contributed by atoms with Gasteiger partial charge in [-0.2, -0.15) is 0 Å². The van der Waals surface area contributed by atoms with E-state index in [2.05, 4.69) is 32.7 Å². The third-order valence-corrected chi connectivity index (χ3v) is 3.63. The Labute approximate surface area is 113 Å². The van der Waals surface area contributed by atoms with Crippen molar-refractivity contribution in [2.75, 3.05) is 0 Å². The van der Waals surface area contributed by atoms with Gasteiger partial charge in [0.2, 0.25) is 0 Å². The molecule has 1 heterocycles. The smallest absolute Gasteiger partial charge is 0.335 e. The molecule has 0 fully saturated rings. The number of aromatic carboxylic acids is 1. The number of benzene rings is 1. The highest BCUT2D eigenvalue weighted by Crippen LogP contribution is 2.31. The Morgan fingerprint density at radius 3 is 2.58 bits per heavy atom. The average Bonchev–Trinajstić information content (AvgIpc) is 2.65. The predicted molar refractivity (Wildman–Crippen MR) is 78.1 cm³/mol. The maximum Gasteiger partial charge on any atom is 0.335 e. The van der Waals surface area contributed by atoms with Gasteiger partial charge in [-0.05, 0) is 42.5 Å². The molecule has 0 spiro atoms. The molecule has 0 aliphatic rings. The van der Waals surface area contributed by atoms with Crippen LogP contribution in [0.2, 0.25) is 0 Å². The number of carboxylic acids is 1. The number of aromatic amines is 1. The van der Waals surface area contributed by atoms with E-state index < -0.39 is 5.97 Å². The average molecular weight is 259 g/mol. The van der Waals surface area contributed by atoms with Crippen molar-refractivity contribution in [3.05, 3.63) is 34.5 Å². The lowest BCUT2D eigenvalue weighted by Crippen LogP contribution is -2.00. The number of carbonyl (C=O) groups is 1. The standard InChI is InChI=1S/C16H21NO2/c1-5-6-12-10(4)17-15-13(9(2)3)7-11(16(18)19)8-14(12)15/h7-9,17H,5-6H2,1-4H3,(H,18,19). The normalized spacial score (nSPS) is 11.4. The van der Waals surface area contributed by atoms with Crippen LogP contribution in [0.15, 0.2) is 12.1 Å². The summed E-state index contributed by atoms with van der Waals surface area (Å²) >= 11 is 0. The zero-order chi connectivity index (χ0) is 14.2. The first-order valence-corrected chi connectivity index (χ1v) is 6.84. The van der Waals surface area contributed by atoms with Crippen molar-refractivity contribution in [1.82, 2.24) is 4.98 Å². The van der Waals surface area contributed by atoms with Crippen LogP contribution < -0.4 is 0 Å². The maximum absolute atomic E-state index is 11.3. The van der Waals surface area contributed by atoms with E-state index in [9.17, 15) is 9.90 Å². The maximum atomic E-state index is 11.3. The first kappa shape index (κ1) is 13.7. The molecule has 0 unspecified atom stereocenters. The van der Waals surface area contributed by atoms with Crippen molar-refractivity contribution in [3.8, 4) is 0 Å². The molecule has 1 aromatic carbocycles. The van der Waals surface area contributed by atoms with Crippen LogP contribution in [0.1, 0.15) is 60.3 Å². The summed E-state index contributed by atoms with van der Waals surface area (Å²) in [7, 11) is 0. The second-order valence-electron chi connectivity index (χ2n) is 5.43. The third-order valence-electron chi connectivity index (χ3n) is 3.63. The van der Waals surface area contributed by atoms with Crippen LogP contribution in [0, 0.1) is 6.92 Å². The van der Waals surface area contributed by atoms with Crippen molar-refractivity contribution >= 4 is 16.9 Å². The Morgan fingerprint density at radius 1 is 1.37 bits per heavy atom. The summed E-state index contributed by atoms with van der Waals surface area (Å²) in [5.41, 5.74) is 4.97. The summed E-state index contributed by atoms with van der Waals surface area (Å²) in [4.78, 5) is 14.7. The molecular formula is C16H21NO2. The van der Waals surface area contributed by atoms with Crippen molar-refractivity contribution in [3.63, 3.8) is 0 Å². The fourth-order valence-corrected chi connectivity index (χ4v) is 2.66. The number of H-pyrrole nitrogens is 1. The minimum atomic E-state index is -0.856. The lowest BCUT2D eigenvalue weighted by molar-refractivity contribution is 0.0697. The molecule has 0 saturated heterocycles. The van der Waals surface area contributed by atoms with Crippen molar-refractivity contribution in [2.45, 2.75) is 46.5 Å². The summed E-state index contributed by atoms with van der Waals surface area (Å²) in [5.74, 6) is -0.556.